The van der Waals surface area contributed by atoms with Gasteiger partial charge in [0.05, 0.1) is 17.1 Å². The van der Waals surface area contributed by atoms with Crippen LogP contribution in [-0.4, -0.2) is 46.3 Å². The zero-order chi connectivity index (χ0) is 20.7. The van der Waals surface area contributed by atoms with Gasteiger partial charge < -0.3 is 15.6 Å². The first kappa shape index (κ1) is 18.8. The van der Waals surface area contributed by atoms with Crippen molar-refractivity contribution in [1.82, 2.24) is 20.2 Å². The van der Waals surface area contributed by atoms with Crippen LogP contribution in [0, 0.1) is 0 Å². The number of anilines is 1. The minimum atomic E-state index is -0.0624. The molecule has 3 heterocycles. The fourth-order valence-corrected chi connectivity index (χ4v) is 4.46. The number of hydrogen-bond donors (Lipinski definition) is 3. The lowest BCUT2D eigenvalue weighted by molar-refractivity contribution is -0.116. The van der Waals surface area contributed by atoms with Crippen LogP contribution in [-0.2, 0) is 11.2 Å². The van der Waals surface area contributed by atoms with Gasteiger partial charge in [0.25, 0.3) is 5.91 Å². The highest BCUT2D eigenvalue weighted by Crippen LogP contribution is 2.30. The van der Waals surface area contributed by atoms with Crippen molar-refractivity contribution in [3.63, 3.8) is 0 Å². The monoisotopic (exact) mass is 403 g/mol. The molecule has 3 N–H and O–H groups in total. The van der Waals surface area contributed by atoms with E-state index >= 15 is 0 Å². The molecule has 1 saturated heterocycles. The molecule has 0 spiro atoms. The van der Waals surface area contributed by atoms with Crippen molar-refractivity contribution in [2.45, 2.75) is 37.8 Å². The molecule has 3 aromatic rings. The van der Waals surface area contributed by atoms with E-state index in [0.717, 1.165) is 47.5 Å². The molecule has 154 valence electrons. The van der Waals surface area contributed by atoms with Gasteiger partial charge in [0.2, 0.25) is 5.91 Å². The Hall–Kier alpha value is -3.19. The molecule has 30 heavy (non-hydrogen) atoms. The summed E-state index contributed by atoms with van der Waals surface area (Å²) in [5.41, 5.74) is 4.48. The van der Waals surface area contributed by atoms with Crippen LogP contribution in [0.1, 0.15) is 47.1 Å². The second-order valence-electron chi connectivity index (χ2n) is 8.25. The molecule has 0 bridgehead atoms. The van der Waals surface area contributed by atoms with Crippen LogP contribution in [0.25, 0.3) is 11.0 Å². The summed E-state index contributed by atoms with van der Waals surface area (Å²) in [5.74, 6) is 0.914. The van der Waals surface area contributed by atoms with Crippen molar-refractivity contribution in [3.05, 3.63) is 59.4 Å². The molecular formula is C23H25N5O2. The zero-order valence-corrected chi connectivity index (χ0v) is 16.9. The lowest BCUT2D eigenvalue weighted by atomic mass is 9.96. The highest BCUT2D eigenvalue weighted by Gasteiger charge is 2.30. The summed E-state index contributed by atoms with van der Waals surface area (Å²) in [4.78, 5) is 34.9. The Balaban J connectivity index is 1.30. The van der Waals surface area contributed by atoms with Crippen LogP contribution in [0.2, 0.25) is 0 Å². The minimum absolute atomic E-state index is 0.0302. The molecule has 7 nitrogen and oxygen atoms in total. The van der Waals surface area contributed by atoms with Gasteiger partial charge in [-0.25, -0.2) is 4.98 Å². The van der Waals surface area contributed by atoms with Crippen LogP contribution in [0.5, 0.6) is 0 Å². The Kier molecular flexibility index (Phi) is 4.75. The molecule has 2 aliphatic rings. The average Bonchev–Trinajstić information content (AvgIpc) is 3.18. The number of rotatable bonds is 3. The number of para-hydroxylation sites is 2. The molecule has 5 rings (SSSR count). The Morgan fingerprint density at radius 3 is 2.93 bits per heavy atom. The first-order chi connectivity index (χ1) is 14.6. The third kappa shape index (κ3) is 3.57. The van der Waals surface area contributed by atoms with Crippen LogP contribution in [0.4, 0.5) is 5.69 Å². The molecule has 2 amide bonds. The van der Waals surface area contributed by atoms with Gasteiger partial charge in [-0.3, -0.25) is 14.5 Å². The number of nitrogens with zero attached hydrogens (tertiary/aromatic N) is 2. The molecule has 1 aromatic heterocycles. The van der Waals surface area contributed by atoms with E-state index in [1.54, 1.807) is 6.07 Å². The number of aryl methyl sites for hydroxylation is 1. The van der Waals surface area contributed by atoms with Gasteiger partial charge in [-0.1, -0.05) is 12.1 Å². The van der Waals surface area contributed by atoms with Gasteiger partial charge in [0.1, 0.15) is 5.82 Å². The SMILES string of the molecule is CN1CCC(NC(=O)c2ccc3c(c2)CCC(=O)N3)CC1c1nc2ccccc2[nH]1. The van der Waals surface area contributed by atoms with Crippen LogP contribution in [0.15, 0.2) is 42.5 Å². The highest BCUT2D eigenvalue weighted by atomic mass is 16.2. The molecule has 2 atom stereocenters. The Morgan fingerprint density at radius 1 is 1.20 bits per heavy atom. The molecule has 7 heteroatoms. The van der Waals surface area contributed by atoms with E-state index in [1.165, 1.54) is 0 Å². The predicted octanol–water partition coefficient (Wildman–Crippen LogP) is 3.01. The molecule has 1 fully saturated rings. The van der Waals surface area contributed by atoms with Gasteiger partial charge in [-0.15, -0.1) is 0 Å². The van der Waals surface area contributed by atoms with E-state index in [4.69, 9.17) is 4.98 Å². The van der Waals surface area contributed by atoms with E-state index in [1.807, 2.05) is 36.4 Å². The van der Waals surface area contributed by atoms with Gasteiger partial charge >= 0.3 is 0 Å². The quantitative estimate of drug-likeness (QED) is 0.627. The number of likely N-dealkylation sites (tertiary alicyclic amines) is 1. The van der Waals surface area contributed by atoms with Crippen molar-refractivity contribution >= 4 is 28.5 Å². The second-order valence-corrected chi connectivity index (χ2v) is 8.25. The predicted molar refractivity (Wildman–Crippen MR) is 115 cm³/mol. The summed E-state index contributed by atoms with van der Waals surface area (Å²) < 4.78 is 0. The topological polar surface area (TPSA) is 90.1 Å². The second kappa shape index (κ2) is 7.57. The summed E-state index contributed by atoms with van der Waals surface area (Å²) in [5, 5.41) is 6.07. The normalized spacial score (nSPS) is 21.8. The van der Waals surface area contributed by atoms with Crippen molar-refractivity contribution in [2.24, 2.45) is 0 Å². The third-order valence-electron chi connectivity index (χ3n) is 6.19. The lowest BCUT2D eigenvalue weighted by Gasteiger charge is -2.36. The number of amides is 2. The largest absolute Gasteiger partial charge is 0.349 e. The van der Waals surface area contributed by atoms with Gasteiger partial charge in [0, 0.05) is 30.3 Å². The summed E-state index contributed by atoms with van der Waals surface area (Å²) in [6.45, 7) is 0.892. The third-order valence-corrected chi connectivity index (χ3v) is 6.19. The Bertz CT molecular complexity index is 1090. The first-order valence-electron chi connectivity index (χ1n) is 10.5. The van der Waals surface area contributed by atoms with Crippen molar-refractivity contribution in [1.29, 1.82) is 0 Å². The number of imidazole rings is 1. The van der Waals surface area contributed by atoms with Crippen molar-refractivity contribution in [3.8, 4) is 0 Å². The average molecular weight is 403 g/mol. The van der Waals surface area contributed by atoms with E-state index in [2.05, 4.69) is 27.6 Å². The summed E-state index contributed by atoms with van der Waals surface area (Å²) in [7, 11) is 2.10. The van der Waals surface area contributed by atoms with E-state index in [-0.39, 0.29) is 23.9 Å². The number of aromatic amines is 1. The summed E-state index contributed by atoms with van der Waals surface area (Å²) >= 11 is 0. The van der Waals surface area contributed by atoms with Gasteiger partial charge in [-0.05, 0) is 62.2 Å². The smallest absolute Gasteiger partial charge is 0.251 e. The number of fused-ring (bicyclic) bond motifs is 2. The van der Waals surface area contributed by atoms with E-state index in [9.17, 15) is 9.59 Å². The first-order valence-corrected chi connectivity index (χ1v) is 10.5. The zero-order valence-electron chi connectivity index (χ0n) is 16.9. The van der Waals surface area contributed by atoms with Crippen molar-refractivity contribution in [2.75, 3.05) is 18.9 Å². The van der Waals surface area contributed by atoms with Crippen LogP contribution >= 0.6 is 0 Å². The fourth-order valence-electron chi connectivity index (χ4n) is 4.46. The maximum atomic E-state index is 12.9. The van der Waals surface area contributed by atoms with Crippen molar-refractivity contribution < 1.29 is 9.59 Å². The Labute approximate surface area is 174 Å². The number of hydrogen-bond acceptors (Lipinski definition) is 4. The minimum Gasteiger partial charge on any atom is -0.349 e. The van der Waals surface area contributed by atoms with E-state index in [0.29, 0.717) is 18.4 Å². The standard InChI is InChI=1S/C23H25N5O2/c1-28-11-10-16(13-20(28)22-26-18-4-2-3-5-19(18)27-22)24-23(30)15-6-8-17-14(12-15)7-9-21(29)25-17/h2-6,8,12,16,20H,7,9-11,13H2,1H3,(H,24,30)(H,25,29)(H,26,27). The number of benzene rings is 2. The highest BCUT2D eigenvalue weighted by molar-refractivity contribution is 5.98. The van der Waals surface area contributed by atoms with E-state index < -0.39 is 0 Å². The summed E-state index contributed by atoms with van der Waals surface area (Å²) in [6.07, 6.45) is 2.85. The number of aromatic nitrogens is 2. The molecule has 0 saturated carbocycles. The maximum Gasteiger partial charge on any atom is 0.251 e. The number of H-pyrrole nitrogens is 1. The molecule has 2 aliphatic heterocycles. The molecule has 0 aliphatic carbocycles. The molecule has 2 unspecified atom stereocenters. The molecule has 2 aromatic carbocycles. The molecule has 0 radical (unpaired) electrons. The van der Waals surface area contributed by atoms with Gasteiger partial charge in [-0.2, -0.15) is 0 Å². The van der Waals surface area contributed by atoms with Crippen LogP contribution in [0.3, 0.4) is 0 Å². The molecular weight excluding hydrogens is 378 g/mol. The van der Waals surface area contributed by atoms with Crippen LogP contribution < -0.4 is 10.6 Å². The number of carbonyl (C=O) groups excluding carboxylic acids is 2. The summed E-state index contributed by atoms with van der Waals surface area (Å²) in [6, 6.07) is 13.8. The maximum absolute atomic E-state index is 12.9. The number of carbonyl (C=O) groups is 2. The number of nitrogens with one attached hydrogen (secondary N) is 3. The fraction of sp³-hybridized carbons (Fsp3) is 0.348. The number of piperidine rings is 1. The van der Waals surface area contributed by atoms with Gasteiger partial charge in [0.15, 0.2) is 0 Å². The Morgan fingerprint density at radius 2 is 2.07 bits per heavy atom. The lowest BCUT2D eigenvalue weighted by Crippen LogP contribution is -2.45.